The first-order chi connectivity index (χ1) is 15.5. The average molecular weight is 473 g/mol. The number of ether oxygens (including phenoxy) is 3. The highest BCUT2D eigenvalue weighted by atomic mass is 32.2. The zero-order chi connectivity index (χ0) is 22.1. The molecule has 1 amide bonds. The van der Waals surface area contributed by atoms with Crippen LogP contribution < -0.4 is 14.8 Å². The first kappa shape index (κ1) is 21.0. The summed E-state index contributed by atoms with van der Waals surface area (Å²) < 4.78 is 43.4. The summed E-state index contributed by atoms with van der Waals surface area (Å²) in [6, 6.07) is 15.7. The third-order valence-corrected chi connectivity index (χ3v) is 8.69. The standard InChI is InChI=1S/C22H20N2O6S2/c25-22(23-17-4-5-18-19(13-17)30-14-29-18)16-3-1-2-15(12-16)20-6-7-21(31-20)32(26,27)24-8-10-28-11-9-24/h1-7,12-13H,8-11,14H2,(H,23,25). The van der Waals surface area contributed by atoms with Gasteiger partial charge in [-0.2, -0.15) is 4.31 Å². The number of hydrogen-bond acceptors (Lipinski definition) is 7. The second-order valence-electron chi connectivity index (χ2n) is 7.24. The molecule has 0 unspecified atom stereocenters. The predicted molar refractivity (Wildman–Crippen MR) is 120 cm³/mol. The third kappa shape index (κ3) is 4.09. The Balaban J connectivity index is 1.34. The van der Waals surface area contributed by atoms with Crippen molar-refractivity contribution in [1.29, 1.82) is 0 Å². The number of nitrogens with one attached hydrogen (secondary N) is 1. The number of nitrogens with zero attached hydrogens (tertiary/aromatic N) is 1. The molecule has 1 saturated heterocycles. The lowest BCUT2D eigenvalue weighted by atomic mass is 10.1. The minimum Gasteiger partial charge on any atom is -0.454 e. The molecule has 5 rings (SSSR count). The Kier molecular flexibility index (Phi) is 5.60. The Morgan fingerprint density at radius 2 is 1.78 bits per heavy atom. The van der Waals surface area contributed by atoms with E-state index in [1.54, 1.807) is 48.5 Å². The molecule has 2 aliphatic heterocycles. The number of carbonyl (C=O) groups excluding carboxylic acids is 1. The molecule has 3 aromatic rings. The van der Waals surface area contributed by atoms with Crippen LogP contribution in [0.1, 0.15) is 10.4 Å². The highest BCUT2D eigenvalue weighted by Gasteiger charge is 2.28. The fourth-order valence-corrected chi connectivity index (χ4v) is 6.38. The molecule has 0 radical (unpaired) electrons. The van der Waals surface area contributed by atoms with Crippen LogP contribution in [0.3, 0.4) is 0 Å². The molecule has 32 heavy (non-hydrogen) atoms. The normalized spacial score (nSPS) is 16.1. The van der Waals surface area contributed by atoms with Crippen molar-refractivity contribution in [2.45, 2.75) is 4.21 Å². The zero-order valence-corrected chi connectivity index (χ0v) is 18.6. The summed E-state index contributed by atoms with van der Waals surface area (Å²) in [5, 5.41) is 2.85. The number of rotatable bonds is 5. The number of sulfonamides is 1. The molecule has 3 heterocycles. The Morgan fingerprint density at radius 1 is 0.969 bits per heavy atom. The first-order valence-electron chi connectivity index (χ1n) is 10.00. The van der Waals surface area contributed by atoms with E-state index in [1.165, 1.54) is 15.6 Å². The maximum absolute atomic E-state index is 12.9. The summed E-state index contributed by atoms with van der Waals surface area (Å²) in [6.07, 6.45) is 0. The summed E-state index contributed by atoms with van der Waals surface area (Å²) in [5.74, 6) is 0.957. The van der Waals surface area contributed by atoms with Gasteiger partial charge in [0.25, 0.3) is 15.9 Å². The molecule has 0 saturated carbocycles. The Hall–Kier alpha value is -2.92. The number of amides is 1. The highest BCUT2D eigenvalue weighted by Crippen LogP contribution is 2.35. The molecular weight excluding hydrogens is 452 g/mol. The Labute approximate surface area is 189 Å². The van der Waals surface area contributed by atoms with Gasteiger partial charge >= 0.3 is 0 Å². The maximum atomic E-state index is 12.9. The topological polar surface area (TPSA) is 94.2 Å². The number of thiophene rings is 1. The van der Waals surface area contributed by atoms with Gasteiger partial charge in [0.05, 0.1) is 13.2 Å². The van der Waals surface area contributed by atoms with Crippen molar-refractivity contribution >= 4 is 33.0 Å². The number of benzene rings is 2. The minimum atomic E-state index is -3.55. The van der Waals surface area contributed by atoms with Gasteiger partial charge in [0.1, 0.15) is 4.21 Å². The van der Waals surface area contributed by atoms with Crippen LogP contribution in [0.25, 0.3) is 10.4 Å². The summed E-state index contributed by atoms with van der Waals surface area (Å²) in [7, 11) is -3.55. The predicted octanol–water partition coefficient (Wildman–Crippen LogP) is 3.42. The molecule has 1 aromatic heterocycles. The number of anilines is 1. The van der Waals surface area contributed by atoms with Gasteiger partial charge in [0.2, 0.25) is 6.79 Å². The fourth-order valence-electron chi connectivity index (χ4n) is 3.52. The van der Waals surface area contributed by atoms with Gasteiger partial charge in [-0.1, -0.05) is 12.1 Å². The van der Waals surface area contributed by atoms with E-state index < -0.39 is 10.0 Å². The molecule has 0 bridgehead atoms. The van der Waals surface area contributed by atoms with Crippen LogP contribution in [0.15, 0.2) is 58.8 Å². The van der Waals surface area contributed by atoms with Crippen molar-refractivity contribution < 1.29 is 27.4 Å². The molecule has 1 N–H and O–H groups in total. The van der Waals surface area contributed by atoms with Crippen molar-refractivity contribution in [2.75, 3.05) is 38.4 Å². The summed E-state index contributed by atoms with van der Waals surface area (Å²) in [5.41, 5.74) is 1.84. The van der Waals surface area contributed by atoms with Crippen LogP contribution >= 0.6 is 11.3 Å². The summed E-state index contributed by atoms with van der Waals surface area (Å²) in [4.78, 5) is 13.5. The molecule has 10 heteroatoms. The van der Waals surface area contributed by atoms with Crippen molar-refractivity contribution in [1.82, 2.24) is 4.31 Å². The SMILES string of the molecule is O=C(Nc1ccc2c(c1)OCO2)c1cccc(-c2ccc(S(=O)(=O)N3CCOCC3)s2)c1. The van der Waals surface area contributed by atoms with Gasteiger partial charge in [0, 0.05) is 35.3 Å². The van der Waals surface area contributed by atoms with E-state index in [-0.39, 0.29) is 16.9 Å². The van der Waals surface area contributed by atoms with E-state index in [1.807, 2.05) is 6.07 Å². The van der Waals surface area contributed by atoms with E-state index in [4.69, 9.17) is 14.2 Å². The minimum absolute atomic E-state index is 0.166. The van der Waals surface area contributed by atoms with Crippen LogP contribution in [0.2, 0.25) is 0 Å². The smallest absolute Gasteiger partial charge is 0.255 e. The lowest BCUT2D eigenvalue weighted by Gasteiger charge is -2.25. The lowest BCUT2D eigenvalue weighted by molar-refractivity contribution is 0.0731. The van der Waals surface area contributed by atoms with Crippen molar-refractivity contribution in [3.63, 3.8) is 0 Å². The largest absolute Gasteiger partial charge is 0.454 e. The maximum Gasteiger partial charge on any atom is 0.255 e. The van der Waals surface area contributed by atoms with E-state index in [0.717, 1.165) is 10.4 Å². The number of morpholine rings is 1. The van der Waals surface area contributed by atoms with Crippen LogP contribution in [0.5, 0.6) is 11.5 Å². The van der Waals surface area contributed by atoms with Gasteiger partial charge in [-0.05, 0) is 42.0 Å². The molecule has 2 aromatic carbocycles. The Morgan fingerprint density at radius 3 is 2.62 bits per heavy atom. The third-order valence-electron chi connectivity index (χ3n) is 5.19. The summed E-state index contributed by atoms with van der Waals surface area (Å²) in [6.45, 7) is 1.67. The number of carbonyl (C=O) groups is 1. The first-order valence-corrected chi connectivity index (χ1v) is 12.3. The van der Waals surface area contributed by atoms with Crippen LogP contribution in [0.4, 0.5) is 5.69 Å². The molecule has 166 valence electrons. The highest BCUT2D eigenvalue weighted by molar-refractivity contribution is 7.91. The van der Waals surface area contributed by atoms with Crippen molar-refractivity contribution in [3.05, 3.63) is 60.2 Å². The summed E-state index contributed by atoms with van der Waals surface area (Å²) >= 11 is 1.19. The second-order valence-corrected chi connectivity index (χ2v) is 10.5. The van der Waals surface area contributed by atoms with E-state index in [9.17, 15) is 13.2 Å². The second kappa shape index (κ2) is 8.55. The zero-order valence-electron chi connectivity index (χ0n) is 16.9. The van der Waals surface area contributed by atoms with Gasteiger partial charge in [-0.3, -0.25) is 4.79 Å². The lowest BCUT2D eigenvalue weighted by Crippen LogP contribution is -2.40. The van der Waals surface area contributed by atoms with Crippen LogP contribution in [-0.2, 0) is 14.8 Å². The van der Waals surface area contributed by atoms with E-state index in [0.29, 0.717) is 49.1 Å². The van der Waals surface area contributed by atoms with Crippen LogP contribution in [-0.4, -0.2) is 51.7 Å². The van der Waals surface area contributed by atoms with Gasteiger partial charge in [-0.25, -0.2) is 8.42 Å². The molecule has 0 atom stereocenters. The van der Waals surface area contributed by atoms with Crippen molar-refractivity contribution in [3.8, 4) is 21.9 Å². The fraction of sp³-hybridized carbons (Fsp3) is 0.227. The average Bonchev–Trinajstić information content (AvgIpc) is 3.50. The monoisotopic (exact) mass is 472 g/mol. The van der Waals surface area contributed by atoms with E-state index in [2.05, 4.69) is 5.32 Å². The number of fused-ring (bicyclic) bond motifs is 1. The van der Waals surface area contributed by atoms with Crippen LogP contribution in [0, 0.1) is 0 Å². The molecule has 8 nitrogen and oxygen atoms in total. The van der Waals surface area contributed by atoms with Crippen molar-refractivity contribution in [2.24, 2.45) is 0 Å². The molecule has 0 spiro atoms. The molecule has 2 aliphatic rings. The van der Waals surface area contributed by atoms with Gasteiger partial charge in [0.15, 0.2) is 11.5 Å². The number of hydrogen-bond donors (Lipinski definition) is 1. The molecule has 0 aliphatic carbocycles. The Bertz CT molecular complexity index is 1260. The van der Waals surface area contributed by atoms with E-state index >= 15 is 0 Å². The van der Waals surface area contributed by atoms with Gasteiger partial charge < -0.3 is 19.5 Å². The van der Waals surface area contributed by atoms with Gasteiger partial charge in [-0.15, -0.1) is 11.3 Å². The molecule has 1 fully saturated rings. The molecular formula is C22H20N2O6S2. The quantitative estimate of drug-likeness (QED) is 0.612.